The normalized spacial score (nSPS) is 12.9. The molecule has 0 spiro atoms. The average molecular weight is 524 g/mol. The van der Waals surface area contributed by atoms with E-state index < -0.39 is 30.4 Å². The van der Waals surface area contributed by atoms with Crippen LogP contribution in [0.5, 0.6) is 0 Å². The van der Waals surface area contributed by atoms with Crippen molar-refractivity contribution in [3.8, 4) is 0 Å². The van der Waals surface area contributed by atoms with Crippen LogP contribution in [0, 0.1) is 0 Å². The first kappa shape index (κ1) is 25.3. The molecule has 162 valence electrons. The van der Waals surface area contributed by atoms with Crippen LogP contribution < -0.4 is 4.90 Å². The maximum atomic E-state index is 11.3. The molecule has 0 amide bonds. The maximum Gasteiger partial charge on any atom is 0.264 e. The summed E-state index contributed by atoms with van der Waals surface area (Å²) in [6.07, 6.45) is 2.74. The number of hydrogen-bond donors (Lipinski definition) is 0. The van der Waals surface area contributed by atoms with E-state index in [0.717, 1.165) is 18.8 Å². The van der Waals surface area contributed by atoms with Crippen LogP contribution >= 0.6 is 15.9 Å². The second-order valence-corrected chi connectivity index (χ2v) is 11.6. The second kappa shape index (κ2) is 10.3. The van der Waals surface area contributed by atoms with Crippen molar-refractivity contribution in [2.45, 2.75) is 6.61 Å². The van der Waals surface area contributed by atoms with Gasteiger partial charge in [-0.15, -0.1) is 0 Å². The van der Waals surface area contributed by atoms with Crippen LogP contribution in [0.2, 0.25) is 0 Å². The molecule has 28 heavy (non-hydrogen) atoms. The largest absolute Gasteiger partial charge is 0.366 e. The molecule has 0 N–H and O–H groups in total. The summed E-state index contributed by atoms with van der Waals surface area (Å²) in [6.45, 7) is -0.504. The van der Waals surface area contributed by atoms with Crippen LogP contribution in [0.1, 0.15) is 5.56 Å². The zero-order chi connectivity index (χ0) is 21.6. The van der Waals surface area contributed by atoms with E-state index in [0.29, 0.717) is 15.7 Å². The number of anilines is 1. The molecule has 0 fully saturated rings. The third-order valence-electron chi connectivity index (χ3n) is 3.13. The number of hydrogen-bond acceptors (Lipinski definition) is 10. The zero-order valence-corrected chi connectivity index (χ0v) is 19.5. The smallest absolute Gasteiger partial charge is 0.264 e. The van der Waals surface area contributed by atoms with Gasteiger partial charge >= 0.3 is 0 Å². The van der Waals surface area contributed by atoms with Crippen LogP contribution in [-0.2, 0) is 49.5 Å². The van der Waals surface area contributed by atoms with Crippen LogP contribution in [0.4, 0.5) is 5.69 Å². The van der Waals surface area contributed by atoms with Gasteiger partial charge in [0.15, 0.2) is 0 Å². The second-order valence-electron chi connectivity index (χ2n) is 5.78. The fourth-order valence-corrected chi connectivity index (χ4v) is 3.52. The molecule has 0 aromatic heterocycles. The lowest BCUT2D eigenvalue weighted by molar-refractivity contribution is 0.303. The van der Waals surface area contributed by atoms with Crippen LogP contribution in [-0.4, -0.2) is 70.3 Å². The summed E-state index contributed by atoms with van der Waals surface area (Å²) in [5.74, 6) is 0. The Morgan fingerprint density at radius 2 is 1.29 bits per heavy atom. The van der Waals surface area contributed by atoms with Gasteiger partial charge in [0.1, 0.15) is 0 Å². The highest BCUT2D eigenvalue weighted by atomic mass is 79.9. The quantitative estimate of drug-likeness (QED) is 0.360. The monoisotopic (exact) mass is 523 g/mol. The molecule has 0 aliphatic rings. The minimum absolute atomic E-state index is 0.0719. The van der Waals surface area contributed by atoms with Gasteiger partial charge in [-0.2, -0.15) is 25.3 Å². The predicted molar refractivity (Wildman–Crippen MR) is 108 cm³/mol. The Balaban J connectivity index is 3.09. The third kappa shape index (κ3) is 11.3. The Hall–Kier alpha value is -0.770. The van der Waals surface area contributed by atoms with Gasteiger partial charge in [-0.05, 0) is 12.1 Å². The zero-order valence-electron chi connectivity index (χ0n) is 15.5. The molecule has 0 atom stereocenters. The van der Waals surface area contributed by atoms with Crippen molar-refractivity contribution in [3.63, 3.8) is 0 Å². The van der Waals surface area contributed by atoms with Crippen LogP contribution in [0.25, 0.3) is 0 Å². The van der Waals surface area contributed by atoms with Crippen LogP contribution in [0.15, 0.2) is 22.7 Å². The molecule has 1 aromatic carbocycles. The van der Waals surface area contributed by atoms with Gasteiger partial charge in [0.25, 0.3) is 30.4 Å². The Morgan fingerprint density at radius 1 is 0.821 bits per heavy atom. The SMILES string of the molecule is CS(=O)(=O)OCCN(CCOS(C)(=O)=O)c1cc(Br)ccc1COS(C)(=O)=O. The van der Waals surface area contributed by atoms with Gasteiger partial charge in [-0.3, -0.25) is 12.5 Å². The van der Waals surface area contributed by atoms with Gasteiger partial charge in [-0.1, -0.05) is 22.0 Å². The lowest BCUT2D eigenvalue weighted by Gasteiger charge is -2.27. The highest BCUT2D eigenvalue weighted by molar-refractivity contribution is 9.10. The minimum atomic E-state index is -3.69. The van der Waals surface area contributed by atoms with Crippen molar-refractivity contribution in [1.82, 2.24) is 0 Å². The molecular weight excluding hydrogens is 502 g/mol. The molecule has 0 saturated heterocycles. The van der Waals surface area contributed by atoms with Crippen molar-refractivity contribution < 1.29 is 37.8 Å². The molecule has 0 heterocycles. The molecule has 0 radical (unpaired) electrons. The molecule has 0 aliphatic carbocycles. The van der Waals surface area contributed by atoms with Gasteiger partial charge in [0.2, 0.25) is 0 Å². The lowest BCUT2D eigenvalue weighted by atomic mass is 10.1. The first-order chi connectivity index (χ1) is 12.7. The molecule has 14 heteroatoms. The van der Waals surface area contributed by atoms with E-state index >= 15 is 0 Å². The van der Waals surface area contributed by atoms with E-state index in [2.05, 4.69) is 15.9 Å². The Morgan fingerprint density at radius 3 is 1.71 bits per heavy atom. The molecule has 1 aromatic rings. The topological polar surface area (TPSA) is 133 Å². The number of rotatable bonds is 12. The Kier molecular flexibility index (Phi) is 9.31. The predicted octanol–water partition coefficient (Wildman–Crippen LogP) is 0.684. The average Bonchev–Trinajstić information content (AvgIpc) is 2.49. The van der Waals surface area contributed by atoms with Gasteiger partial charge < -0.3 is 4.90 Å². The minimum Gasteiger partial charge on any atom is -0.366 e. The van der Waals surface area contributed by atoms with Crippen LogP contribution in [0.3, 0.4) is 0 Å². The van der Waals surface area contributed by atoms with E-state index in [-0.39, 0.29) is 32.9 Å². The first-order valence-corrected chi connectivity index (χ1v) is 14.0. The van der Waals surface area contributed by atoms with Crippen molar-refractivity contribution in [2.75, 3.05) is 50.0 Å². The standard InChI is InChI=1S/C14H22BrNO9S3/c1-26(17,18)23-8-6-16(7-9-24-27(2,19)20)14-10-13(15)5-4-12(14)11-25-28(3,21)22/h4-5,10H,6-9,11H2,1-3H3. The molecule has 10 nitrogen and oxygen atoms in total. The van der Waals surface area contributed by atoms with Crippen molar-refractivity contribution in [1.29, 1.82) is 0 Å². The third-order valence-corrected chi connectivity index (χ3v) is 5.36. The maximum absolute atomic E-state index is 11.3. The van der Waals surface area contributed by atoms with E-state index in [1.165, 1.54) is 0 Å². The van der Waals surface area contributed by atoms with Gasteiger partial charge in [0, 0.05) is 28.8 Å². The van der Waals surface area contributed by atoms with Crippen molar-refractivity contribution in [2.24, 2.45) is 0 Å². The molecule has 0 unspecified atom stereocenters. The van der Waals surface area contributed by atoms with E-state index in [4.69, 9.17) is 12.5 Å². The molecule has 1 rings (SSSR count). The Labute approximate surface area is 174 Å². The summed E-state index contributed by atoms with van der Waals surface area (Å²) in [5, 5.41) is 0. The van der Waals surface area contributed by atoms with Gasteiger partial charge in [0.05, 0.1) is 38.6 Å². The van der Waals surface area contributed by atoms with Crippen molar-refractivity contribution >= 4 is 52.0 Å². The fraction of sp³-hybridized carbons (Fsp3) is 0.571. The molecule has 0 bridgehead atoms. The van der Waals surface area contributed by atoms with Gasteiger partial charge in [-0.25, -0.2) is 0 Å². The van der Waals surface area contributed by atoms with E-state index in [9.17, 15) is 25.3 Å². The summed E-state index contributed by atoms with van der Waals surface area (Å²) in [6, 6.07) is 4.98. The molecular formula is C14H22BrNO9S3. The highest BCUT2D eigenvalue weighted by Crippen LogP contribution is 2.26. The first-order valence-electron chi connectivity index (χ1n) is 7.73. The fourth-order valence-electron chi connectivity index (χ4n) is 2.07. The molecule has 0 aliphatic heterocycles. The molecule has 0 saturated carbocycles. The number of nitrogens with zero attached hydrogens (tertiary/aromatic N) is 1. The van der Waals surface area contributed by atoms with E-state index in [1.807, 2.05) is 0 Å². The summed E-state index contributed by atoms with van der Waals surface area (Å²) in [5.41, 5.74) is 1.000. The Bertz CT molecular complexity index is 937. The summed E-state index contributed by atoms with van der Waals surface area (Å²) >= 11 is 3.32. The summed E-state index contributed by atoms with van der Waals surface area (Å²) < 4.78 is 82.4. The summed E-state index contributed by atoms with van der Waals surface area (Å²) in [7, 11) is -11.0. The number of halogens is 1. The number of benzene rings is 1. The van der Waals surface area contributed by atoms with Crippen molar-refractivity contribution in [3.05, 3.63) is 28.2 Å². The lowest BCUT2D eigenvalue weighted by Crippen LogP contribution is -2.33. The highest BCUT2D eigenvalue weighted by Gasteiger charge is 2.16. The van der Waals surface area contributed by atoms with E-state index in [1.54, 1.807) is 23.1 Å². The summed E-state index contributed by atoms with van der Waals surface area (Å²) in [4.78, 5) is 1.61.